The monoisotopic (exact) mass is 459 g/mol. The summed E-state index contributed by atoms with van der Waals surface area (Å²) >= 11 is 3.57. The smallest absolute Gasteiger partial charge is 0.162 e. The Balaban J connectivity index is 1.60. The first-order valence-corrected chi connectivity index (χ1v) is 10.0. The highest BCUT2D eigenvalue weighted by molar-refractivity contribution is 9.10. The lowest BCUT2D eigenvalue weighted by Crippen LogP contribution is -2.21. The van der Waals surface area contributed by atoms with E-state index in [2.05, 4.69) is 21.2 Å². The topological polar surface area (TPSA) is 50.7 Å². The van der Waals surface area contributed by atoms with E-state index in [1.807, 2.05) is 42.5 Å². The van der Waals surface area contributed by atoms with Gasteiger partial charge >= 0.3 is 0 Å². The van der Waals surface area contributed by atoms with Crippen LogP contribution in [-0.2, 0) is 13.2 Å². The van der Waals surface area contributed by atoms with Crippen molar-refractivity contribution in [1.29, 1.82) is 0 Å². The van der Waals surface area contributed by atoms with Crippen molar-refractivity contribution in [3.8, 4) is 11.5 Å². The van der Waals surface area contributed by atoms with Gasteiger partial charge in [-0.15, -0.1) is 0 Å². The van der Waals surface area contributed by atoms with E-state index in [1.54, 1.807) is 19.2 Å². The Hall–Kier alpha value is -2.41. The number of aliphatic hydroxyl groups excluding tert-OH is 1. The van der Waals surface area contributed by atoms with Crippen LogP contribution in [0, 0.1) is 5.82 Å². The van der Waals surface area contributed by atoms with Gasteiger partial charge in [0, 0.05) is 17.6 Å². The number of rotatable bonds is 9. The summed E-state index contributed by atoms with van der Waals surface area (Å²) in [6.07, 6.45) is -0.574. The molecule has 29 heavy (non-hydrogen) atoms. The van der Waals surface area contributed by atoms with Crippen molar-refractivity contribution in [1.82, 2.24) is 5.32 Å². The molecule has 6 heteroatoms. The molecule has 3 aromatic rings. The fraction of sp³-hybridized carbons (Fsp3) is 0.217. The first-order chi connectivity index (χ1) is 14.1. The predicted molar refractivity (Wildman–Crippen MR) is 115 cm³/mol. The number of nitrogens with one attached hydrogen (secondary N) is 1. The van der Waals surface area contributed by atoms with Gasteiger partial charge in [0.25, 0.3) is 0 Å². The lowest BCUT2D eigenvalue weighted by molar-refractivity contribution is 0.174. The summed E-state index contributed by atoms with van der Waals surface area (Å²) in [7, 11) is 1.59. The molecule has 0 radical (unpaired) electrons. The molecule has 0 aliphatic carbocycles. The quantitative estimate of drug-likeness (QED) is 0.472. The van der Waals surface area contributed by atoms with Gasteiger partial charge < -0.3 is 19.9 Å². The van der Waals surface area contributed by atoms with Crippen LogP contribution >= 0.6 is 15.9 Å². The van der Waals surface area contributed by atoms with Crippen molar-refractivity contribution in [3.05, 3.63) is 93.7 Å². The van der Waals surface area contributed by atoms with Crippen molar-refractivity contribution >= 4 is 15.9 Å². The third-order valence-corrected chi connectivity index (χ3v) is 5.22. The summed E-state index contributed by atoms with van der Waals surface area (Å²) in [6, 6.07) is 19.5. The van der Waals surface area contributed by atoms with E-state index in [4.69, 9.17) is 9.47 Å². The molecule has 2 N–H and O–H groups in total. The molecular weight excluding hydrogens is 437 g/mol. The number of hydrogen-bond acceptors (Lipinski definition) is 4. The Bertz CT molecular complexity index is 919. The summed E-state index contributed by atoms with van der Waals surface area (Å²) in [4.78, 5) is 0. The van der Waals surface area contributed by atoms with Gasteiger partial charge in [0.1, 0.15) is 12.4 Å². The number of methoxy groups -OCH3 is 1. The summed E-state index contributed by atoms with van der Waals surface area (Å²) in [5, 5.41) is 13.5. The predicted octanol–water partition coefficient (Wildman–Crippen LogP) is 5.00. The maximum atomic E-state index is 13.0. The molecule has 0 bridgehead atoms. The second kappa shape index (κ2) is 10.4. The summed E-state index contributed by atoms with van der Waals surface area (Å²) in [6.45, 7) is 1.30. The molecule has 0 fully saturated rings. The van der Waals surface area contributed by atoms with Crippen molar-refractivity contribution in [2.75, 3.05) is 13.7 Å². The number of hydrogen-bond donors (Lipinski definition) is 2. The van der Waals surface area contributed by atoms with Crippen LogP contribution in [0.5, 0.6) is 11.5 Å². The highest BCUT2D eigenvalue weighted by atomic mass is 79.9. The Morgan fingerprint density at radius 1 is 1.03 bits per heavy atom. The summed E-state index contributed by atoms with van der Waals surface area (Å²) in [5.74, 6) is 0.927. The van der Waals surface area contributed by atoms with Gasteiger partial charge in [0.05, 0.1) is 13.2 Å². The maximum Gasteiger partial charge on any atom is 0.162 e. The van der Waals surface area contributed by atoms with E-state index in [1.165, 1.54) is 12.1 Å². The number of benzene rings is 3. The second-order valence-electron chi connectivity index (χ2n) is 6.57. The van der Waals surface area contributed by atoms with Gasteiger partial charge in [-0.2, -0.15) is 0 Å². The molecule has 0 amide bonds. The minimum absolute atomic E-state index is 0.275. The first-order valence-electron chi connectivity index (χ1n) is 9.24. The minimum atomic E-state index is -0.574. The molecule has 3 aromatic carbocycles. The molecule has 0 heterocycles. The summed E-state index contributed by atoms with van der Waals surface area (Å²) in [5.41, 5.74) is 2.72. The van der Waals surface area contributed by atoms with E-state index in [0.29, 0.717) is 31.2 Å². The second-order valence-corrected chi connectivity index (χ2v) is 7.42. The Morgan fingerprint density at radius 2 is 1.76 bits per heavy atom. The number of ether oxygens (including phenoxy) is 2. The van der Waals surface area contributed by atoms with Crippen molar-refractivity contribution in [2.24, 2.45) is 0 Å². The van der Waals surface area contributed by atoms with Gasteiger partial charge in [-0.3, -0.25) is 0 Å². The fourth-order valence-electron chi connectivity index (χ4n) is 2.86. The van der Waals surface area contributed by atoms with Crippen LogP contribution in [0.4, 0.5) is 4.39 Å². The average molecular weight is 460 g/mol. The third kappa shape index (κ3) is 6.03. The molecule has 1 atom stereocenters. The van der Waals surface area contributed by atoms with Crippen LogP contribution in [0.1, 0.15) is 22.8 Å². The molecule has 0 aliphatic heterocycles. The Labute approximate surface area is 178 Å². The molecule has 0 spiro atoms. The lowest BCUT2D eigenvalue weighted by Gasteiger charge is -2.16. The standard InChI is InChI=1S/C23H23BrFNO3/c1-28-22-11-18(13-26-14-21(27)17-5-3-2-4-6-17)20(24)12-23(22)29-15-16-7-9-19(25)10-8-16/h2-12,21,26-27H,13-15H2,1H3. The van der Waals surface area contributed by atoms with Crippen LogP contribution in [0.25, 0.3) is 0 Å². The minimum Gasteiger partial charge on any atom is -0.493 e. The fourth-order valence-corrected chi connectivity index (χ4v) is 3.33. The van der Waals surface area contributed by atoms with E-state index in [9.17, 15) is 9.50 Å². The highest BCUT2D eigenvalue weighted by Crippen LogP contribution is 2.34. The number of aliphatic hydroxyl groups is 1. The normalized spacial score (nSPS) is 11.9. The van der Waals surface area contributed by atoms with Gasteiger partial charge in [0.15, 0.2) is 11.5 Å². The molecular formula is C23H23BrFNO3. The molecule has 1 unspecified atom stereocenters. The Kier molecular flexibility index (Phi) is 7.63. The third-order valence-electron chi connectivity index (χ3n) is 4.48. The molecule has 0 saturated heterocycles. The van der Waals surface area contributed by atoms with Gasteiger partial charge in [-0.05, 0) is 41.0 Å². The zero-order chi connectivity index (χ0) is 20.6. The maximum absolute atomic E-state index is 13.0. The van der Waals surface area contributed by atoms with Crippen LogP contribution in [-0.4, -0.2) is 18.8 Å². The van der Waals surface area contributed by atoms with Gasteiger partial charge in [-0.25, -0.2) is 4.39 Å². The molecule has 0 aromatic heterocycles. The zero-order valence-electron chi connectivity index (χ0n) is 16.1. The largest absolute Gasteiger partial charge is 0.493 e. The van der Waals surface area contributed by atoms with Crippen LogP contribution in [0.3, 0.4) is 0 Å². The zero-order valence-corrected chi connectivity index (χ0v) is 17.7. The lowest BCUT2D eigenvalue weighted by atomic mass is 10.1. The van der Waals surface area contributed by atoms with Crippen LogP contribution in [0.15, 0.2) is 71.2 Å². The average Bonchev–Trinajstić information content (AvgIpc) is 2.75. The van der Waals surface area contributed by atoms with Gasteiger partial charge in [0.2, 0.25) is 0 Å². The molecule has 3 rings (SSSR count). The van der Waals surface area contributed by atoms with E-state index >= 15 is 0 Å². The van der Waals surface area contributed by atoms with E-state index in [0.717, 1.165) is 21.2 Å². The SMILES string of the molecule is COc1cc(CNCC(O)c2ccccc2)c(Br)cc1OCc1ccc(F)cc1. The van der Waals surface area contributed by atoms with Crippen molar-refractivity contribution in [2.45, 2.75) is 19.3 Å². The molecule has 0 aliphatic rings. The van der Waals surface area contributed by atoms with Crippen molar-refractivity contribution < 1.29 is 19.0 Å². The van der Waals surface area contributed by atoms with E-state index < -0.39 is 6.10 Å². The highest BCUT2D eigenvalue weighted by Gasteiger charge is 2.12. The molecule has 0 saturated carbocycles. The van der Waals surface area contributed by atoms with Crippen molar-refractivity contribution in [3.63, 3.8) is 0 Å². The van der Waals surface area contributed by atoms with Crippen LogP contribution < -0.4 is 14.8 Å². The van der Waals surface area contributed by atoms with Crippen LogP contribution in [0.2, 0.25) is 0 Å². The number of halogens is 2. The Morgan fingerprint density at radius 3 is 2.45 bits per heavy atom. The summed E-state index contributed by atoms with van der Waals surface area (Å²) < 4.78 is 25.2. The molecule has 152 valence electrons. The first kappa shape index (κ1) is 21.3. The van der Waals surface area contributed by atoms with E-state index in [-0.39, 0.29) is 5.82 Å². The molecule has 4 nitrogen and oxygen atoms in total. The van der Waals surface area contributed by atoms with Gasteiger partial charge in [-0.1, -0.05) is 58.4 Å².